The summed E-state index contributed by atoms with van der Waals surface area (Å²) in [4.78, 5) is 72.9. The van der Waals surface area contributed by atoms with E-state index < -0.39 is 97.5 Å². The summed E-state index contributed by atoms with van der Waals surface area (Å²) in [6.07, 6.45) is 63.8. The standard InChI is InChI=1S/C80H156O17P2/c1-6-10-13-16-19-22-24-26-27-28-29-30-31-32-38-42-46-51-56-61-66-80(85)97-76(70-91-78(83)64-59-54-49-44-40-37-34-33-36-39-43-47-52-57-62-73(5)9-4)72-95-99(88,89)93-68-74(81)67-92-98(86,87)94-71-75(69-90-77(82)63-58-53-48-21-18-15-12-8-3)96-79(84)65-60-55-50-45-41-35-25-23-20-17-14-11-7-2/h73-76,81H,6-72H2,1-5H3,(H,86,87)(H,88,89)/t73?,74-,75+,76+/m0/s1. The summed E-state index contributed by atoms with van der Waals surface area (Å²) in [7, 11) is -9.91. The normalized spacial score (nSPS) is 14.1. The molecular formula is C80H156O17P2. The van der Waals surface area contributed by atoms with E-state index in [1.54, 1.807) is 0 Å². The van der Waals surface area contributed by atoms with E-state index in [4.69, 9.17) is 37.0 Å². The number of aliphatic hydroxyl groups excluding tert-OH is 1. The molecule has 6 atom stereocenters. The van der Waals surface area contributed by atoms with Crippen LogP contribution in [0.3, 0.4) is 0 Å². The van der Waals surface area contributed by atoms with E-state index in [0.717, 1.165) is 102 Å². The van der Waals surface area contributed by atoms with Gasteiger partial charge in [-0.15, -0.1) is 0 Å². The molecule has 99 heavy (non-hydrogen) atoms. The van der Waals surface area contributed by atoms with Gasteiger partial charge in [-0.25, -0.2) is 9.13 Å². The lowest BCUT2D eigenvalue weighted by Crippen LogP contribution is -2.30. The van der Waals surface area contributed by atoms with Crippen LogP contribution < -0.4 is 0 Å². The highest BCUT2D eigenvalue weighted by Gasteiger charge is 2.30. The first-order chi connectivity index (χ1) is 48.1. The van der Waals surface area contributed by atoms with Crippen molar-refractivity contribution in [3.8, 4) is 0 Å². The molecule has 3 N–H and O–H groups in total. The largest absolute Gasteiger partial charge is 0.472 e. The predicted molar refractivity (Wildman–Crippen MR) is 405 cm³/mol. The zero-order valence-corrected chi connectivity index (χ0v) is 66.4. The third kappa shape index (κ3) is 72.8. The van der Waals surface area contributed by atoms with E-state index in [9.17, 15) is 43.2 Å². The molecule has 0 rings (SSSR count). The van der Waals surface area contributed by atoms with E-state index >= 15 is 0 Å². The fourth-order valence-electron chi connectivity index (χ4n) is 12.4. The number of carbonyl (C=O) groups is 4. The minimum atomic E-state index is -4.96. The summed E-state index contributed by atoms with van der Waals surface area (Å²) in [5.74, 6) is -1.26. The summed E-state index contributed by atoms with van der Waals surface area (Å²) in [6.45, 7) is 7.35. The predicted octanol–water partition coefficient (Wildman–Crippen LogP) is 24.0. The zero-order valence-electron chi connectivity index (χ0n) is 64.6. The molecule has 0 fully saturated rings. The van der Waals surface area contributed by atoms with Crippen LogP contribution in [0.15, 0.2) is 0 Å². The summed E-state index contributed by atoms with van der Waals surface area (Å²) in [5.41, 5.74) is 0. The molecule has 0 heterocycles. The van der Waals surface area contributed by atoms with Crippen molar-refractivity contribution in [1.82, 2.24) is 0 Å². The third-order valence-corrected chi connectivity index (χ3v) is 21.0. The highest BCUT2D eigenvalue weighted by Crippen LogP contribution is 2.45. The van der Waals surface area contributed by atoms with Gasteiger partial charge in [0.2, 0.25) is 0 Å². The Morgan fingerprint density at radius 3 is 0.717 bits per heavy atom. The van der Waals surface area contributed by atoms with Crippen LogP contribution in [0.2, 0.25) is 0 Å². The second-order valence-corrected chi connectivity index (χ2v) is 32.0. The van der Waals surface area contributed by atoms with E-state index in [-0.39, 0.29) is 25.7 Å². The molecular weight excluding hydrogens is 1290 g/mol. The van der Waals surface area contributed by atoms with E-state index in [2.05, 4.69) is 34.6 Å². The minimum Gasteiger partial charge on any atom is -0.462 e. The second-order valence-electron chi connectivity index (χ2n) is 29.1. The molecule has 0 bridgehead atoms. The van der Waals surface area contributed by atoms with E-state index in [1.807, 2.05) is 0 Å². The Kier molecular flexibility index (Phi) is 71.6. The second kappa shape index (κ2) is 73.0. The maximum absolute atomic E-state index is 13.1. The molecule has 19 heteroatoms. The van der Waals surface area contributed by atoms with Crippen LogP contribution in [0.4, 0.5) is 0 Å². The lowest BCUT2D eigenvalue weighted by atomic mass is 9.99. The van der Waals surface area contributed by atoms with Gasteiger partial charge in [0.25, 0.3) is 0 Å². The van der Waals surface area contributed by atoms with Crippen LogP contribution in [-0.2, 0) is 65.4 Å². The summed E-state index contributed by atoms with van der Waals surface area (Å²) in [6, 6.07) is 0. The Labute approximate surface area is 607 Å². The summed E-state index contributed by atoms with van der Waals surface area (Å²) in [5, 5.41) is 10.6. The summed E-state index contributed by atoms with van der Waals surface area (Å²) >= 11 is 0. The Hall–Kier alpha value is -1.94. The molecule has 0 amide bonds. The van der Waals surface area contributed by atoms with Crippen LogP contribution in [0.1, 0.15) is 426 Å². The zero-order chi connectivity index (χ0) is 72.7. The number of esters is 4. The van der Waals surface area contributed by atoms with E-state index in [0.29, 0.717) is 25.7 Å². The molecule has 588 valence electrons. The van der Waals surface area contributed by atoms with Gasteiger partial charge in [-0.05, 0) is 31.6 Å². The number of hydrogen-bond donors (Lipinski definition) is 3. The highest BCUT2D eigenvalue weighted by molar-refractivity contribution is 7.47. The van der Waals surface area contributed by atoms with E-state index in [1.165, 1.54) is 244 Å². The Morgan fingerprint density at radius 1 is 0.283 bits per heavy atom. The van der Waals surface area contributed by atoms with Gasteiger partial charge in [0.15, 0.2) is 12.2 Å². The molecule has 0 spiro atoms. The molecule has 0 aromatic carbocycles. The number of phosphoric acid groups is 2. The van der Waals surface area contributed by atoms with Crippen molar-refractivity contribution in [2.45, 2.75) is 445 Å². The van der Waals surface area contributed by atoms with Gasteiger partial charge in [-0.1, -0.05) is 375 Å². The maximum Gasteiger partial charge on any atom is 0.472 e. The number of carbonyl (C=O) groups excluding carboxylic acids is 4. The van der Waals surface area contributed by atoms with Gasteiger partial charge in [-0.3, -0.25) is 37.3 Å². The van der Waals surface area contributed by atoms with Crippen LogP contribution in [0.5, 0.6) is 0 Å². The number of hydrogen-bond acceptors (Lipinski definition) is 15. The van der Waals surface area contributed by atoms with Gasteiger partial charge in [-0.2, -0.15) is 0 Å². The molecule has 0 aliphatic rings. The maximum atomic E-state index is 13.1. The quantitative estimate of drug-likeness (QED) is 0.0222. The number of aliphatic hydroxyl groups is 1. The Bertz CT molecular complexity index is 1890. The Morgan fingerprint density at radius 2 is 0.485 bits per heavy atom. The SMILES string of the molecule is CCCCCCCCCCCCCCCCCCCCCCC(=O)O[C@H](COC(=O)CCCCCCCCCCCCCCCCC(C)CC)COP(=O)(O)OC[C@@H](O)COP(=O)(O)OC[C@@H](COC(=O)CCCCCCCCCC)OC(=O)CCCCCCCCCCCCCCC. The first-order valence-electron chi connectivity index (χ1n) is 41.7. The number of ether oxygens (including phenoxy) is 4. The fraction of sp³-hybridized carbons (Fsp3) is 0.950. The van der Waals surface area contributed by atoms with Crippen molar-refractivity contribution in [1.29, 1.82) is 0 Å². The molecule has 0 aromatic rings. The molecule has 0 radical (unpaired) electrons. The van der Waals surface area contributed by atoms with Crippen molar-refractivity contribution >= 4 is 39.5 Å². The number of unbranched alkanes of at least 4 members (excludes halogenated alkanes) is 51. The van der Waals surface area contributed by atoms with Crippen LogP contribution in [-0.4, -0.2) is 96.7 Å². The van der Waals surface area contributed by atoms with Crippen molar-refractivity contribution in [3.63, 3.8) is 0 Å². The van der Waals surface area contributed by atoms with Gasteiger partial charge >= 0.3 is 39.5 Å². The first kappa shape index (κ1) is 97.1. The molecule has 17 nitrogen and oxygen atoms in total. The first-order valence-corrected chi connectivity index (χ1v) is 44.7. The monoisotopic (exact) mass is 1450 g/mol. The third-order valence-electron chi connectivity index (χ3n) is 19.1. The number of rotatable bonds is 80. The lowest BCUT2D eigenvalue weighted by molar-refractivity contribution is -0.161. The van der Waals surface area contributed by atoms with Gasteiger partial charge < -0.3 is 33.8 Å². The van der Waals surface area contributed by atoms with Crippen molar-refractivity contribution in [3.05, 3.63) is 0 Å². The Balaban J connectivity index is 5.19. The molecule has 0 aliphatic heterocycles. The van der Waals surface area contributed by atoms with Crippen molar-refractivity contribution in [2.24, 2.45) is 5.92 Å². The van der Waals surface area contributed by atoms with Gasteiger partial charge in [0.05, 0.1) is 26.4 Å². The van der Waals surface area contributed by atoms with Gasteiger partial charge in [0.1, 0.15) is 19.3 Å². The van der Waals surface area contributed by atoms with Crippen LogP contribution in [0.25, 0.3) is 0 Å². The van der Waals surface area contributed by atoms with Crippen molar-refractivity contribution in [2.75, 3.05) is 39.6 Å². The van der Waals surface area contributed by atoms with Crippen LogP contribution >= 0.6 is 15.6 Å². The molecule has 0 saturated heterocycles. The molecule has 0 aromatic heterocycles. The topological polar surface area (TPSA) is 237 Å². The highest BCUT2D eigenvalue weighted by atomic mass is 31.2. The van der Waals surface area contributed by atoms with Gasteiger partial charge in [0, 0.05) is 25.7 Å². The molecule has 0 aliphatic carbocycles. The molecule has 3 unspecified atom stereocenters. The fourth-order valence-corrected chi connectivity index (χ4v) is 14.0. The molecule has 0 saturated carbocycles. The average Bonchev–Trinajstić information content (AvgIpc) is 0.985. The lowest BCUT2D eigenvalue weighted by Gasteiger charge is -2.21. The van der Waals surface area contributed by atoms with Crippen LogP contribution in [0, 0.1) is 5.92 Å². The smallest absolute Gasteiger partial charge is 0.462 e. The average molecular weight is 1450 g/mol. The van der Waals surface area contributed by atoms with Crippen molar-refractivity contribution < 1.29 is 80.2 Å². The number of phosphoric ester groups is 2. The summed E-state index contributed by atoms with van der Waals surface area (Å²) < 4.78 is 68.6. The minimum absolute atomic E-state index is 0.108.